The Morgan fingerprint density at radius 2 is 2.00 bits per heavy atom. The molecule has 0 aliphatic heterocycles. The molecule has 96 valence electrons. The molecule has 2 aromatic heterocycles. The van der Waals surface area contributed by atoms with Crippen LogP contribution < -0.4 is 5.32 Å². The SMILES string of the molecule is Clc1ccncc1NCc1[nH]c2ccccc2c1Cl. The average molecular weight is 292 g/mol. The number of nitrogens with one attached hydrogen (secondary N) is 2. The largest absolute Gasteiger partial charge is 0.377 e. The maximum Gasteiger partial charge on any atom is 0.0719 e. The number of nitrogens with zero attached hydrogens (tertiary/aromatic N) is 1. The third-order valence-corrected chi connectivity index (χ3v) is 3.70. The number of H-pyrrole nitrogens is 1. The molecule has 0 radical (unpaired) electrons. The van der Waals surface area contributed by atoms with Gasteiger partial charge in [-0.3, -0.25) is 4.98 Å². The Bertz CT molecular complexity index is 722. The van der Waals surface area contributed by atoms with E-state index in [1.807, 2.05) is 24.3 Å². The van der Waals surface area contributed by atoms with Crippen LogP contribution in [0.15, 0.2) is 42.7 Å². The molecular weight excluding hydrogens is 281 g/mol. The number of aromatic amines is 1. The van der Waals surface area contributed by atoms with E-state index in [0.717, 1.165) is 27.3 Å². The van der Waals surface area contributed by atoms with Crippen molar-refractivity contribution >= 4 is 39.8 Å². The monoisotopic (exact) mass is 291 g/mol. The van der Waals surface area contributed by atoms with Gasteiger partial charge in [0.1, 0.15) is 0 Å². The molecule has 0 amide bonds. The van der Waals surface area contributed by atoms with Crippen LogP contribution in [0.3, 0.4) is 0 Å². The van der Waals surface area contributed by atoms with E-state index in [1.165, 1.54) is 0 Å². The van der Waals surface area contributed by atoms with Gasteiger partial charge in [0.25, 0.3) is 0 Å². The van der Waals surface area contributed by atoms with Crippen molar-refractivity contribution in [2.45, 2.75) is 6.54 Å². The average Bonchev–Trinajstić information content (AvgIpc) is 2.75. The fourth-order valence-corrected chi connectivity index (χ4v) is 2.43. The molecule has 0 saturated carbocycles. The summed E-state index contributed by atoms with van der Waals surface area (Å²) >= 11 is 12.4. The lowest BCUT2D eigenvalue weighted by atomic mass is 10.2. The van der Waals surface area contributed by atoms with Gasteiger partial charge in [0.15, 0.2) is 0 Å². The van der Waals surface area contributed by atoms with E-state index in [1.54, 1.807) is 18.5 Å². The zero-order valence-electron chi connectivity index (χ0n) is 9.95. The number of rotatable bonds is 3. The Kier molecular flexibility index (Phi) is 3.32. The second kappa shape index (κ2) is 5.11. The van der Waals surface area contributed by atoms with E-state index < -0.39 is 0 Å². The quantitative estimate of drug-likeness (QED) is 0.747. The summed E-state index contributed by atoms with van der Waals surface area (Å²) in [5.41, 5.74) is 2.75. The minimum atomic E-state index is 0.568. The Balaban J connectivity index is 1.86. The van der Waals surface area contributed by atoms with Gasteiger partial charge < -0.3 is 10.3 Å². The van der Waals surface area contributed by atoms with Crippen LogP contribution in [0.4, 0.5) is 5.69 Å². The molecule has 3 aromatic rings. The van der Waals surface area contributed by atoms with Crippen molar-refractivity contribution in [2.24, 2.45) is 0 Å². The van der Waals surface area contributed by atoms with Crippen LogP contribution in [-0.4, -0.2) is 9.97 Å². The highest BCUT2D eigenvalue weighted by Gasteiger charge is 2.09. The molecule has 0 saturated heterocycles. The van der Waals surface area contributed by atoms with E-state index in [4.69, 9.17) is 23.2 Å². The summed E-state index contributed by atoms with van der Waals surface area (Å²) in [7, 11) is 0. The highest BCUT2D eigenvalue weighted by molar-refractivity contribution is 6.36. The smallest absolute Gasteiger partial charge is 0.0719 e. The summed E-state index contributed by atoms with van der Waals surface area (Å²) in [6.07, 6.45) is 3.35. The molecule has 0 bridgehead atoms. The molecule has 3 rings (SSSR count). The first-order valence-corrected chi connectivity index (χ1v) is 6.60. The van der Waals surface area contributed by atoms with E-state index in [2.05, 4.69) is 15.3 Å². The van der Waals surface area contributed by atoms with E-state index in [9.17, 15) is 0 Å². The second-order valence-corrected chi connectivity index (χ2v) is 4.96. The first-order chi connectivity index (χ1) is 9.25. The van der Waals surface area contributed by atoms with Gasteiger partial charge in [-0.25, -0.2) is 0 Å². The fraction of sp³-hybridized carbons (Fsp3) is 0.0714. The summed E-state index contributed by atoms with van der Waals surface area (Å²) in [5.74, 6) is 0. The van der Waals surface area contributed by atoms with E-state index >= 15 is 0 Å². The number of halogens is 2. The summed E-state index contributed by atoms with van der Waals surface area (Å²) in [6.45, 7) is 0.568. The number of fused-ring (bicyclic) bond motifs is 1. The summed E-state index contributed by atoms with van der Waals surface area (Å²) < 4.78 is 0. The topological polar surface area (TPSA) is 40.7 Å². The van der Waals surface area contributed by atoms with Crippen LogP contribution >= 0.6 is 23.2 Å². The van der Waals surface area contributed by atoms with Crippen molar-refractivity contribution in [3.05, 3.63) is 58.5 Å². The van der Waals surface area contributed by atoms with Crippen LogP contribution in [0, 0.1) is 0 Å². The lowest BCUT2D eigenvalue weighted by Crippen LogP contribution is -2.01. The van der Waals surface area contributed by atoms with Gasteiger partial charge in [0.05, 0.1) is 34.2 Å². The lowest BCUT2D eigenvalue weighted by Gasteiger charge is -2.06. The van der Waals surface area contributed by atoms with Gasteiger partial charge in [-0.05, 0) is 12.1 Å². The van der Waals surface area contributed by atoms with Gasteiger partial charge in [0, 0.05) is 17.1 Å². The predicted octanol–water partition coefficient (Wildman–Crippen LogP) is 4.48. The Hall–Kier alpha value is -1.71. The van der Waals surface area contributed by atoms with E-state index in [0.29, 0.717) is 11.6 Å². The Morgan fingerprint density at radius 3 is 2.79 bits per heavy atom. The molecule has 0 aliphatic rings. The van der Waals surface area contributed by atoms with Gasteiger partial charge in [-0.2, -0.15) is 0 Å². The molecule has 0 spiro atoms. The van der Waals surface area contributed by atoms with Crippen molar-refractivity contribution in [1.29, 1.82) is 0 Å². The fourth-order valence-electron chi connectivity index (χ4n) is 1.98. The van der Waals surface area contributed by atoms with Gasteiger partial charge in [0.2, 0.25) is 0 Å². The number of pyridine rings is 1. The van der Waals surface area contributed by atoms with Crippen LogP contribution in [0.5, 0.6) is 0 Å². The van der Waals surface area contributed by atoms with Gasteiger partial charge in [-0.15, -0.1) is 0 Å². The molecule has 19 heavy (non-hydrogen) atoms. The third-order valence-electron chi connectivity index (χ3n) is 2.94. The minimum absolute atomic E-state index is 0.568. The number of hydrogen-bond donors (Lipinski definition) is 2. The summed E-state index contributed by atoms with van der Waals surface area (Å²) in [5, 5.41) is 5.63. The first-order valence-electron chi connectivity index (χ1n) is 5.84. The number of aromatic nitrogens is 2. The first kappa shape index (κ1) is 12.3. The zero-order chi connectivity index (χ0) is 13.2. The highest BCUT2D eigenvalue weighted by Crippen LogP contribution is 2.28. The van der Waals surface area contributed by atoms with Gasteiger partial charge >= 0.3 is 0 Å². The molecule has 0 unspecified atom stereocenters. The Labute approximate surface area is 120 Å². The molecule has 0 fully saturated rings. The van der Waals surface area contributed by atoms with Crippen molar-refractivity contribution in [1.82, 2.24) is 9.97 Å². The third kappa shape index (κ3) is 2.39. The van der Waals surface area contributed by atoms with Crippen LogP contribution in [-0.2, 0) is 6.54 Å². The standard InChI is InChI=1S/C14H11Cl2N3/c15-10-5-6-17-7-12(10)18-8-13-14(16)9-3-1-2-4-11(9)19-13/h1-7,18-19H,8H2. The molecule has 2 heterocycles. The summed E-state index contributed by atoms with van der Waals surface area (Å²) in [6, 6.07) is 9.69. The molecule has 2 N–H and O–H groups in total. The van der Waals surface area contributed by atoms with Crippen molar-refractivity contribution in [3.8, 4) is 0 Å². The maximum atomic E-state index is 6.34. The zero-order valence-corrected chi connectivity index (χ0v) is 11.5. The number of anilines is 1. The van der Waals surface area contributed by atoms with Crippen LogP contribution in [0.1, 0.15) is 5.69 Å². The second-order valence-electron chi connectivity index (χ2n) is 4.17. The number of benzene rings is 1. The molecule has 1 aromatic carbocycles. The maximum absolute atomic E-state index is 6.34. The molecule has 0 aliphatic carbocycles. The normalized spacial score (nSPS) is 10.8. The lowest BCUT2D eigenvalue weighted by molar-refractivity contribution is 1.08. The highest BCUT2D eigenvalue weighted by atomic mass is 35.5. The van der Waals surface area contributed by atoms with Crippen molar-refractivity contribution in [3.63, 3.8) is 0 Å². The number of hydrogen-bond acceptors (Lipinski definition) is 2. The summed E-state index contributed by atoms with van der Waals surface area (Å²) in [4.78, 5) is 7.33. The van der Waals surface area contributed by atoms with Crippen LogP contribution in [0.25, 0.3) is 10.9 Å². The number of para-hydroxylation sites is 1. The minimum Gasteiger partial charge on any atom is -0.377 e. The molecule has 0 atom stereocenters. The predicted molar refractivity (Wildman–Crippen MR) is 79.9 cm³/mol. The van der Waals surface area contributed by atoms with Crippen molar-refractivity contribution in [2.75, 3.05) is 5.32 Å². The molecule has 3 nitrogen and oxygen atoms in total. The Morgan fingerprint density at radius 1 is 1.16 bits per heavy atom. The van der Waals surface area contributed by atoms with E-state index in [-0.39, 0.29) is 0 Å². The molecule has 5 heteroatoms. The van der Waals surface area contributed by atoms with Gasteiger partial charge in [-0.1, -0.05) is 41.4 Å². The van der Waals surface area contributed by atoms with Crippen molar-refractivity contribution < 1.29 is 0 Å². The van der Waals surface area contributed by atoms with Crippen LogP contribution in [0.2, 0.25) is 10.0 Å². The molecular formula is C14H11Cl2N3.